The van der Waals surface area contributed by atoms with E-state index in [0.717, 1.165) is 0 Å². The van der Waals surface area contributed by atoms with Gasteiger partial charge in [0.05, 0.1) is 12.7 Å². The zero-order chi connectivity index (χ0) is 9.41. The molecular weight excluding hydrogens is 184 g/mol. The van der Waals surface area contributed by atoms with Gasteiger partial charge in [0.1, 0.15) is 4.75 Å². The Bertz CT molecular complexity index is 253. The van der Waals surface area contributed by atoms with Crippen LogP contribution in [0, 0.1) is 0 Å². The molecule has 1 fully saturated rings. The van der Waals surface area contributed by atoms with Gasteiger partial charge in [0, 0.05) is 0 Å². The molecule has 0 radical (unpaired) electrons. The summed E-state index contributed by atoms with van der Waals surface area (Å²) < 4.78 is 29.0. The standard InChI is InChI=1S/C6H12O5S/c7-4-5(8)3-6(1-2-6)12(9,10)11/h5,7-8H,1-4H2,(H,9,10,11)/t5-/m1/s1. The lowest BCUT2D eigenvalue weighted by atomic mass is 10.2. The Morgan fingerprint density at radius 3 is 2.17 bits per heavy atom. The van der Waals surface area contributed by atoms with Crippen molar-refractivity contribution in [2.75, 3.05) is 6.61 Å². The van der Waals surface area contributed by atoms with Gasteiger partial charge < -0.3 is 10.2 Å². The van der Waals surface area contributed by atoms with Gasteiger partial charge in [-0.15, -0.1) is 0 Å². The molecule has 0 amide bonds. The SMILES string of the molecule is O=S(=O)(O)C1(C[C@@H](O)CO)CC1. The van der Waals surface area contributed by atoms with Gasteiger partial charge in [-0.25, -0.2) is 0 Å². The Morgan fingerprint density at radius 2 is 1.92 bits per heavy atom. The maximum atomic E-state index is 10.7. The van der Waals surface area contributed by atoms with Crippen LogP contribution in [-0.4, -0.2) is 40.6 Å². The molecule has 0 aromatic carbocycles. The van der Waals surface area contributed by atoms with Crippen molar-refractivity contribution in [3.63, 3.8) is 0 Å². The van der Waals surface area contributed by atoms with E-state index in [2.05, 4.69) is 0 Å². The minimum Gasteiger partial charge on any atom is -0.394 e. The normalized spacial score (nSPS) is 23.6. The maximum absolute atomic E-state index is 10.7. The van der Waals surface area contributed by atoms with Crippen molar-refractivity contribution in [2.45, 2.75) is 30.1 Å². The first-order chi connectivity index (χ1) is 5.41. The number of hydrogen-bond donors (Lipinski definition) is 3. The molecule has 1 aliphatic carbocycles. The molecule has 6 heteroatoms. The third-order valence-corrected chi connectivity index (χ3v) is 3.84. The molecule has 12 heavy (non-hydrogen) atoms. The van der Waals surface area contributed by atoms with Crippen molar-refractivity contribution in [1.82, 2.24) is 0 Å². The molecule has 0 unspecified atom stereocenters. The van der Waals surface area contributed by atoms with Gasteiger partial charge >= 0.3 is 0 Å². The van der Waals surface area contributed by atoms with Crippen LogP contribution in [0.2, 0.25) is 0 Å². The first-order valence-electron chi connectivity index (χ1n) is 3.67. The topological polar surface area (TPSA) is 94.8 Å². The molecule has 0 aromatic heterocycles. The highest BCUT2D eigenvalue weighted by molar-refractivity contribution is 7.87. The van der Waals surface area contributed by atoms with Gasteiger partial charge in [-0.05, 0) is 19.3 Å². The summed E-state index contributed by atoms with van der Waals surface area (Å²) >= 11 is 0. The van der Waals surface area contributed by atoms with E-state index in [1.807, 2.05) is 0 Å². The number of aliphatic hydroxyl groups is 2. The van der Waals surface area contributed by atoms with E-state index in [1.165, 1.54) is 0 Å². The summed E-state index contributed by atoms with van der Waals surface area (Å²) in [6, 6.07) is 0. The van der Waals surface area contributed by atoms with E-state index in [0.29, 0.717) is 12.8 Å². The fourth-order valence-electron chi connectivity index (χ4n) is 1.20. The molecule has 0 heterocycles. The van der Waals surface area contributed by atoms with Gasteiger partial charge in [0.2, 0.25) is 0 Å². The zero-order valence-electron chi connectivity index (χ0n) is 6.47. The van der Waals surface area contributed by atoms with Crippen LogP contribution in [0.25, 0.3) is 0 Å². The molecule has 72 valence electrons. The number of aliphatic hydroxyl groups excluding tert-OH is 2. The van der Waals surface area contributed by atoms with Crippen LogP contribution in [0.3, 0.4) is 0 Å². The third-order valence-electron chi connectivity index (χ3n) is 2.17. The highest BCUT2D eigenvalue weighted by atomic mass is 32.2. The summed E-state index contributed by atoms with van der Waals surface area (Å²) in [5.74, 6) is 0. The van der Waals surface area contributed by atoms with Crippen LogP contribution < -0.4 is 0 Å². The predicted molar refractivity (Wildman–Crippen MR) is 41.2 cm³/mol. The number of rotatable bonds is 4. The maximum Gasteiger partial charge on any atom is 0.270 e. The van der Waals surface area contributed by atoms with Crippen molar-refractivity contribution in [3.05, 3.63) is 0 Å². The summed E-state index contributed by atoms with van der Waals surface area (Å²) in [7, 11) is -4.07. The van der Waals surface area contributed by atoms with Crippen LogP contribution in [0.15, 0.2) is 0 Å². The van der Waals surface area contributed by atoms with Crippen LogP contribution >= 0.6 is 0 Å². The summed E-state index contributed by atoms with van der Waals surface area (Å²) in [5.41, 5.74) is 0. The lowest BCUT2D eigenvalue weighted by Crippen LogP contribution is -2.29. The van der Waals surface area contributed by atoms with Crippen molar-refractivity contribution < 1.29 is 23.2 Å². The molecule has 0 aromatic rings. The molecule has 1 atom stereocenters. The average molecular weight is 196 g/mol. The molecule has 0 aliphatic heterocycles. The summed E-state index contributed by atoms with van der Waals surface area (Å²) in [6.45, 7) is -0.475. The molecule has 1 aliphatic rings. The van der Waals surface area contributed by atoms with E-state index in [-0.39, 0.29) is 6.42 Å². The van der Waals surface area contributed by atoms with E-state index in [9.17, 15) is 8.42 Å². The van der Waals surface area contributed by atoms with E-state index in [1.54, 1.807) is 0 Å². The Labute approximate surface area is 70.8 Å². The monoisotopic (exact) mass is 196 g/mol. The van der Waals surface area contributed by atoms with Gasteiger partial charge in [0.15, 0.2) is 0 Å². The second-order valence-electron chi connectivity index (χ2n) is 3.20. The summed E-state index contributed by atoms with van der Waals surface area (Å²) in [5, 5.41) is 17.4. The predicted octanol–water partition coefficient (Wildman–Crippen LogP) is -0.850. The average Bonchev–Trinajstić information content (AvgIpc) is 2.67. The third kappa shape index (κ3) is 1.77. The Morgan fingerprint density at radius 1 is 1.42 bits per heavy atom. The fourth-order valence-corrected chi connectivity index (χ4v) is 2.22. The quantitative estimate of drug-likeness (QED) is 0.509. The largest absolute Gasteiger partial charge is 0.394 e. The van der Waals surface area contributed by atoms with Gasteiger partial charge in [-0.1, -0.05) is 0 Å². The second-order valence-corrected chi connectivity index (χ2v) is 5.01. The molecule has 0 spiro atoms. The molecule has 5 nitrogen and oxygen atoms in total. The van der Waals surface area contributed by atoms with Crippen molar-refractivity contribution >= 4 is 10.1 Å². The van der Waals surface area contributed by atoms with Crippen LogP contribution in [0.5, 0.6) is 0 Å². The lowest BCUT2D eigenvalue weighted by Gasteiger charge is -2.14. The fraction of sp³-hybridized carbons (Fsp3) is 1.00. The van der Waals surface area contributed by atoms with Gasteiger partial charge in [0.25, 0.3) is 10.1 Å². The number of hydrogen-bond acceptors (Lipinski definition) is 4. The molecule has 1 rings (SSSR count). The highest BCUT2D eigenvalue weighted by Gasteiger charge is 2.54. The molecule has 3 N–H and O–H groups in total. The van der Waals surface area contributed by atoms with Crippen LogP contribution in [-0.2, 0) is 10.1 Å². The Balaban J connectivity index is 2.63. The smallest absolute Gasteiger partial charge is 0.270 e. The van der Waals surface area contributed by atoms with E-state index < -0.39 is 27.6 Å². The zero-order valence-corrected chi connectivity index (χ0v) is 7.29. The second kappa shape index (κ2) is 2.95. The van der Waals surface area contributed by atoms with Crippen molar-refractivity contribution in [3.8, 4) is 0 Å². The van der Waals surface area contributed by atoms with E-state index >= 15 is 0 Å². The van der Waals surface area contributed by atoms with Gasteiger partial charge in [-0.3, -0.25) is 4.55 Å². The highest BCUT2D eigenvalue weighted by Crippen LogP contribution is 2.46. The molecule has 0 saturated heterocycles. The van der Waals surface area contributed by atoms with Crippen molar-refractivity contribution in [1.29, 1.82) is 0 Å². The summed E-state index contributed by atoms with van der Waals surface area (Å²) in [6.07, 6.45) is -0.414. The first-order valence-corrected chi connectivity index (χ1v) is 5.11. The van der Waals surface area contributed by atoms with Crippen LogP contribution in [0.1, 0.15) is 19.3 Å². The van der Waals surface area contributed by atoms with E-state index in [4.69, 9.17) is 14.8 Å². The molecule has 0 bridgehead atoms. The van der Waals surface area contributed by atoms with Gasteiger partial charge in [-0.2, -0.15) is 8.42 Å². The molecule has 1 saturated carbocycles. The van der Waals surface area contributed by atoms with Crippen LogP contribution in [0.4, 0.5) is 0 Å². The minimum atomic E-state index is -4.07. The summed E-state index contributed by atoms with van der Waals surface area (Å²) in [4.78, 5) is 0. The molecular formula is C6H12O5S. The minimum absolute atomic E-state index is 0.0810. The first kappa shape index (κ1) is 9.91. The Kier molecular flexibility index (Phi) is 2.44. The lowest BCUT2D eigenvalue weighted by molar-refractivity contribution is 0.0851. The van der Waals surface area contributed by atoms with Crippen molar-refractivity contribution in [2.24, 2.45) is 0 Å². The Hall–Kier alpha value is -0.170.